The molecule has 0 aromatic carbocycles. The zero-order chi connectivity index (χ0) is 18.4. The van der Waals surface area contributed by atoms with E-state index in [2.05, 4.69) is 15.8 Å². The number of carbonyl (C=O) groups excluding carboxylic acids is 3. The molecule has 2 amide bonds. The molecule has 2 aromatic rings. The van der Waals surface area contributed by atoms with Gasteiger partial charge in [-0.25, -0.2) is 9.78 Å². The molecule has 0 atom stereocenters. The van der Waals surface area contributed by atoms with Gasteiger partial charge in [-0.15, -0.1) is 11.3 Å². The second-order valence-corrected chi connectivity index (χ2v) is 6.57. The summed E-state index contributed by atoms with van der Waals surface area (Å²) in [5.41, 5.74) is 4.80. The Labute approximate surface area is 154 Å². The van der Waals surface area contributed by atoms with E-state index in [0.29, 0.717) is 16.3 Å². The summed E-state index contributed by atoms with van der Waals surface area (Å²) in [6.07, 6.45) is 3.73. The van der Waals surface area contributed by atoms with Crippen molar-refractivity contribution in [3.8, 4) is 0 Å². The van der Waals surface area contributed by atoms with Crippen LogP contribution in [0.2, 0.25) is 0 Å². The molecule has 0 spiro atoms. The van der Waals surface area contributed by atoms with Crippen LogP contribution in [0.4, 0.5) is 5.82 Å². The van der Waals surface area contributed by atoms with E-state index in [1.54, 1.807) is 35.8 Å². The Morgan fingerprint density at radius 1 is 1.15 bits per heavy atom. The number of carbonyl (C=O) groups is 3. The van der Waals surface area contributed by atoms with E-state index < -0.39 is 24.4 Å². The molecule has 0 unspecified atom stereocenters. The fraction of sp³-hybridized carbons (Fsp3) is 0.294. The van der Waals surface area contributed by atoms with Crippen molar-refractivity contribution in [3.05, 3.63) is 46.3 Å². The van der Waals surface area contributed by atoms with Crippen LogP contribution in [-0.4, -0.2) is 42.5 Å². The van der Waals surface area contributed by atoms with Crippen LogP contribution in [0.1, 0.15) is 32.9 Å². The van der Waals surface area contributed by atoms with Crippen molar-refractivity contribution in [1.29, 1.82) is 0 Å². The van der Waals surface area contributed by atoms with Gasteiger partial charge in [0, 0.05) is 19.3 Å². The first-order valence-corrected chi connectivity index (χ1v) is 9.03. The van der Waals surface area contributed by atoms with Crippen LogP contribution in [-0.2, 0) is 9.53 Å². The summed E-state index contributed by atoms with van der Waals surface area (Å²) in [4.78, 5) is 42.5. The van der Waals surface area contributed by atoms with Crippen molar-refractivity contribution >= 4 is 34.9 Å². The van der Waals surface area contributed by atoms with E-state index in [4.69, 9.17) is 4.74 Å². The Morgan fingerprint density at radius 2 is 1.96 bits per heavy atom. The van der Waals surface area contributed by atoms with E-state index in [9.17, 15) is 14.4 Å². The number of aromatic nitrogens is 1. The molecular weight excluding hydrogens is 356 g/mol. The highest BCUT2D eigenvalue weighted by Crippen LogP contribution is 2.22. The highest BCUT2D eigenvalue weighted by atomic mass is 32.1. The molecule has 0 bridgehead atoms. The number of nitrogens with one attached hydrogen (secondary N) is 2. The predicted octanol–water partition coefficient (Wildman–Crippen LogP) is 1.36. The maximum Gasteiger partial charge on any atom is 0.342 e. The number of amides is 2. The van der Waals surface area contributed by atoms with Crippen LogP contribution >= 0.6 is 11.3 Å². The number of pyridine rings is 1. The summed E-state index contributed by atoms with van der Waals surface area (Å²) in [6.45, 7) is 1.18. The zero-order valence-electron chi connectivity index (χ0n) is 13.9. The largest absolute Gasteiger partial charge is 0.452 e. The van der Waals surface area contributed by atoms with Crippen molar-refractivity contribution < 1.29 is 19.1 Å². The number of rotatable bonds is 5. The molecule has 1 aliphatic rings. The van der Waals surface area contributed by atoms with Crippen molar-refractivity contribution in [2.75, 3.05) is 24.6 Å². The molecule has 2 N–H and O–H groups in total. The smallest absolute Gasteiger partial charge is 0.342 e. The Bertz CT molecular complexity index is 788. The lowest BCUT2D eigenvalue weighted by atomic mass is 10.2. The lowest BCUT2D eigenvalue weighted by Crippen LogP contribution is -2.43. The lowest BCUT2D eigenvalue weighted by Gasteiger charge is -2.18. The second-order valence-electron chi connectivity index (χ2n) is 5.62. The average molecular weight is 374 g/mol. The number of esters is 1. The van der Waals surface area contributed by atoms with Gasteiger partial charge in [0.05, 0.1) is 4.88 Å². The van der Waals surface area contributed by atoms with Gasteiger partial charge in [0.1, 0.15) is 11.4 Å². The summed E-state index contributed by atoms with van der Waals surface area (Å²) < 4.78 is 5.05. The van der Waals surface area contributed by atoms with Crippen LogP contribution in [0, 0.1) is 0 Å². The maximum atomic E-state index is 12.3. The molecule has 1 fully saturated rings. The first-order chi connectivity index (χ1) is 12.6. The third-order valence-corrected chi connectivity index (χ3v) is 4.68. The molecule has 3 rings (SSSR count). The number of anilines is 1. The van der Waals surface area contributed by atoms with E-state index in [1.165, 1.54) is 11.3 Å². The van der Waals surface area contributed by atoms with Crippen LogP contribution < -0.4 is 15.8 Å². The van der Waals surface area contributed by atoms with Gasteiger partial charge in [-0.3, -0.25) is 20.4 Å². The summed E-state index contributed by atoms with van der Waals surface area (Å²) in [6, 6.07) is 6.64. The summed E-state index contributed by atoms with van der Waals surface area (Å²) in [7, 11) is 0. The normalized spacial score (nSPS) is 13.3. The van der Waals surface area contributed by atoms with Crippen LogP contribution in [0.15, 0.2) is 35.8 Å². The van der Waals surface area contributed by atoms with Crippen molar-refractivity contribution in [3.63, 3.8) is 0 Å². The second kappa shape index (κ2) is 8.43. The Morgan fingerprint density at radius 3 is 2.69 bits per heavy atom. The fourth-order valence-electron chi connectivity index (χ4n) is 2.58. The van der Waals surface area contributed by atoms with Gasteiger partial charge in [-0.1, -0.05) is 6.07 Å². The monoisotopic (exact) mass is 374 g/mol. The fourth-order valence-corrected chi connectivity index (χ4v) is 3.20. The predicted molar refractivity (Wildman–Crippen MR) is 95.9 cm³/mol. The topological polar surface area (TPSA) is 101 Å². The highest BCUT2D eigenvalue weighted by molar-refractivity contribution is 7.12. The zero-order valence-corrected chi connectivity index (χ0v) is 14.8. The lowest BCUT2D eigenvalue weighted by molar-refractivity contribution is -0.125. The molecule has 3 heterocycles. The van der Waals surface area contributed by atoms with Crippen LogP contribution in [0.3, 0.4) is 0 Å². The SMILES string of the molecule is O=C(COC(=O)c1cccnc1N1CCCC1)NNC(=O)c1cccs1. The molecule has 0 radical (unpaired) electrons. The first-order valence-electron chi connectivity index (χ1n) is 8.15. The number of ether oxygens (including phenoxy) is 1. The molecule has 1 aliphatic heterocycles. The summed E-state index contributed by atoms with van der Waals surface area (Å²) >= 11 is 1.25. The third kappa shape index (κ3) is 4.37. The Kier molecular flexibility index (Phi) is 5.80. The molecule has 0 saturated carbocycles. The molecule has 26 heavy (non-hydrogen) atoms. The van der Waals surface area contributed by atoms with Crippen molar-refractivity contribution in [2.45, 2.75) is 12.8 Å². The van der Waals surface area contributed by atoms with Gasteiger partial charge in [0.15, 0.2) is 6.61 Å². The quantitative estimate of drug-likeness (QED) is 0.605. The van der Waals surface area contributed by atoms with Gasteiger partial charge in [0.25, 0.3) is 11.8 Å². The maximum absolute atomic E-state index is 12.3. The highest BCUT2D eigenvalue weighted by Gasteiger charge is 2.22. The Balaban J connectivity index is 1.51. The molecule has 8 nitrogen and oxygen atoms in total. The first kappa shape index (κ1) is 17.9. The number of hydrogen-bond donors (Lipinski definition) is 2. The number of nitrogens with zero attached hydrogens (tertiary/aromatic N) is 2. The standard InChI is InChI=1S/C17H18N4O4S/c22-14(19-20-16(23)13-6-4-10-26-13)11-25-17(24)12-5-3-7-18-15(12)21-8-1-2-9-21/h3-7,10H,1-2,8-9,11H2,(H,19,22)(H,20,23). The number of thiophene rings is 1. The van der Waals surface area contributed by atoms with Gasteiger partial charge < -0.3 is 9.64 Å². The van der Waals surface area contributed by atoms with E-state index in [1.807, 2.05) is 4.90 Å². The minimum absolute atomic E-state index is 0.324. The van der Waals surface area contributed by atoms with Gasteiger partial charge in [-0.05, 0) is 36.4 Å². The average Bonchev–Trinajstić information content (AvgIpc) is 3.38. The minimum atomic E-state index is -0.630. The van der Waals surface area contributed by atoms with Gasteiger partial charge in [-0.2, -0.15) is 0 Å². The van der Waals surface area contributed by atoms with Gasteiger partial charge >= 0.3 is 5.97 Å². The van der Waals surface area contributed by atoms with E-state index in [0.717, 1.165) is 25.9 Å². The molecule has 0 aliphatic carbocycles. The third-order valence-electron chi connectivity index (χ3n) is 3.81. The number of hydrogen-bond acceptors (Lipinski definition) is 7. The molecule has 1 saturated heterocycles. The Hall–Kier alpha value is -2.94. The number of hydrazine groups is 1. The molecular formula is C17H18N4O4S. The van der Waals surface area contributed by atoms with Crippen LogP contribution in [0.5, 0.6) is 0 Å². The van der Waals surface area contributed by atoms with Crippen molar-refractivity contribution in [2.24, 2.45) is 0 Å². The van der Waals surface area contributed by atoms with Crippen molar-refractivity contribution in [1.82, 2.24) is 15.8 Å². The minimum Gasteiger partial charge on any atom is -0.452 e. The van der Waals surface area contributed by atoms with E-state index in [-0.39, 0.29) is 0 Å². The summed E-state index contributed by atoms with van der Waals surface area (Å²) in [5.74, 6) is -1.11. The van der Waals surface area contributed by atoms with E-state index >= 15 is 0 Å². The van der Waals surface area contributed by atoms with Crippen LogP contribution in [0.25, 0.3) is 0 Å². The molecule has 9 heteroatoms. The molecule has 136 valence electrons. The molecule has 2 aromatic heterocycles. The van der Waals surface area contributed by atoms with Gasteiger partial charge in [0.2, 0.25) is 0 Å². The summed E-state index contributed by atoms with van der Waals surface area (Å²) in [5, 5.41) is 1.75.